The predicted molar refractivity (Wildman–Crippen MR) is 54.6 cm³/mol. The van der Waals surface area contributed by atoms with Gasteiger partial charge < -0.3 is 10.4 Å². The summed E-state index contributed by atoms with van der Waals surface area (Å²) in [7, 11) is 0. The van der Waals surface area contributed by atoms with Crippen LogP contribution in [0.15, 0.2) is 24.9 Å². The van der Waals surface area contributed by atoms with Crippen molar-refractivity contribution in [2.24, 2.45) is 0 Å². The summed E-state index contributed by atoms with van der Waals surface area (Å²) in [6.07, 6.45) is 3.02. The Hall–Kier alpha value is -1.84. The monoisotopic (exact) mass is 192 g/mol. The highest BCUT2D eigenvalue weighted by Crippen LogP contribution is 2.15. The summed E-state index contributed by atoms with van der Waals surface area (Å²) in [6, 6.07) is 1.70. The van der Waals surface area contributed by atoms with Crippen molar-refractivity contribution < 1.29 is 9.90 Å². The lowest BCUT2D eigenvalue weighted by Crippen LogP contribution is -2.07. The molecular formula is C10H12N2O2. The molecule has 4 nitrogen and oxygen atoms in total. The topological polar surface area (TPSA) is 62.2 Å². The number of carboxylic acids is 1. The van der Waals surface area contributed by atoms with Crippen molar-refractivity contribution in [3.63, 3.8) is 0 Å². The van der Waals surface area contributed by atoms with Crippen LogP contribution in [0.4, 0.5) is 5.69 Å². The number of nitrogens with zero attached hydrogens (tertiary/aromatic N) is 1. The molecule has 74 valence electrons. The third kappa shape index (κ3) is 2.32. The van der Waals surface area contributed by atoms with Gasteiger partial charge in [-0.15, -0.1) is 6.58 Å². The van der Waals surface area contributed by atoms with E-state index in [0.29, 0.717) is 12.2 Å². The highest BCUT2D eigenvalue weighted by molar-refractivity contribution is 5.93. The van der Waals surface area contributed by atoms with E-state index < -0.39 is 5.97 Å². The number of aromatic nitrogens is 1. The summed E-state index contributed by atoms with van der Waals surface area (Å²) in [4.78, 5) is 14.7. The van der Waals surface area contributed by atoms with Gasteiger partial charge in [-0.1, -0.05) is 6.08 Å². The molecule has 0 aliphatic heterocycles. The SMILES string of the molecule is C=CCNc1cc(C)ncc1C(=O)O. The number of carbonyl (C=O) groups is 1. The van der Waals surface area contributed by atoms with Crippen LogP contribution in [0.5, 0.6) is 0 Å². The van der Waals surface area contributed by atoms with E-state index in [1.807, 2.05) is 6.92 Å². The van der Waals surface area contributed by atoms with Crippen LogP contribution in [-0.4, -0.2) is 22.6 Å². The Bertz CT molecular complexity index is 361. The zero-order valence-electron chi connectivity index (χ0n) is 7.95. The molecule has 4 heteroatoms. The van der Waals surface area contributed by atoms with Crippen molar-refractivity contribution >= 4 is 11.7 Å². The van der Waals surface area contributed by atoms with Crippen molar-refractivity contribution in [1.29, 1.82) is 0 Å². The lowest BCUT2D eigenvalue weighted by Gasteiger charge is -2.07. The first-order chi connectivity index (χ1) is 6.65. The van der Waals surface area contributed by atoms with Crippen molar-refractivity contribution in [2.75, 3.05) is 11.9 Å². The second-order valence-corrected chi connectivity index (χ2v) is 2.85. The number of carboxylic acid groups (broad SMARTS) is 1. The third-order valence-electron chi connectivity index (χ3n) is 1.71. The molecule has 0 aliphatic rings. The minimum absolute atomic E-state index is 0.178. The first-order valence-corrected chi connectivity index (χ1v) is 4.20. The largest absolute Gasteiger partial charge is 0.478 e. The average Bonchev–Trinajstić information content (AvgIpc) is 2.14. The number of rotatable bonds is 4. The van der Waals surface area contributed by atoms with E-state index in [2.05, 4.69) is 16.9 Å². The second-order valence-electron chi connectivity index (χ2n) is 2.85. The van der Waals surface area contributed by atoms with Crippen LogP contribution in [0.25, 0.3) is 0 Å². The zero-order valence-corrected chi connectivity index (χ0v) is 7.95. The predicted octanol–water partition coefficient (Wildman–Crippen LogP) is 1.69. The number of nitrogens with one attached hydrogen (secondary N) is 1. The van der Waals surface area contributed by atoms with Gasteiger partial charge in [0.1, 0.15) is 5.56 Å². The summed E-state index contributed by atoms with van der Waals surface area (Å²) < 4.78 is 0. The van der Waals surface area contributed by atoms with E-state index in [1.54, 1.807) is 12.1 Å². The molecule has 2 N–H and O–H groups in total. The van der Waals surface area contributed by atoms with E-state index in [1.165, 1.54) is 6.20 Å². The van der Waals surface area contributed by atoms with Gasteiger partial charge in [0.05, 0.1) is 5.69 Å². The molecule has 0 unspecified atom stereocenters. The Morgan fingerprint density at radius 1 is 1.79 bits per heavy atom. The van der Waals surface area contributed by atoms with E-state index >= 15 is 0 Å². The molecule has 0 saturated heterocycles. The molecule has 1 heterocycles. The molecule has 0 aromatic carbocycles. The number of anilines is 1. The van der Waals surface area contributed by atoms with Crippen LogP contribution in [0.3, 0.4) is 0 Å². The van der Waals surface area contributed by atoms with Gasteiger partial charge in [0.15, 0.2) is 0 Å². The van der Waals surface area contributed by atoms with Crippen LogP contribution >= 0.6 is 0 Å². The number of pyridine rings is 1. The molecule has 0 bridgehead atoms. The molecule has 1 aromatic heterocycles. The summed E-state index contributed by atoms with van der Waals surface area (Å²) in [5, 5.41) is 11.8. The van der Waals surface area contributed by atoms with Gasteiger partial charge in [-0.25, -0.2) is 4.79 Å². The molecule has 14 heavy (non-hydrogen) atoms. The van der Waals surface area contributed by atoms with E-state index in [0.717, 1.165) is 5.69 Å². The molecule has 0 radical (unpaired) electrons. The number of aromatic carboxylic acids is 1. The van der Waals surface area contributed by atoms with Crippen LogP contribution in [0.1, 0.15) is 16.1 Å². The van der Waals surface area contributed by atoms with Crippen LogP contribution in [0.2, 0.25) is 0 Å². The number of hydrogen-bond donors (Lipinski definition) is 2. The van der Waals surface area contributed by atoms with Crippen LogP contribution in [0, 0.1) is 6.92 Å². The Kier molecular flexibility index (Phi) is 3.23. The maximum atomic E-state index is 10.8. The number of aryl methyl sites for hydroxylation is 1. The highest BCUT2D eigenvalue weighted by atomic mass is 16.4. The normalized spacial score (nSPS) is 9.50. The lowest BCUT2D eigenvalue weighted by atomic mass is 10.2. The van der Waals surface area contributed by atoms with Crippen molar-refractivity contribution in [3.05, 3.63) is 36.2 Å². The maximum absolute atomic E-state index is 10.8. The summed E-state index contributed by atoms with van der Waals surface area (Å²) in [5.41, 5.74) is 1.53. The van der Waals surface area contributed by atoms with Gasteiger partial charge >= 0.3 is 5.97 Å². The van der Waals surface area contributed by atoms with Gasteiger partial charge in [-0.3, -0.25) is 4.98 Å². The van der Waals surface area contributed by atoms with Gasteiger partial charge in [0, 0.05) is 18.4 Å². The molecule has 0 amide bonds. The molecule has 0 aliphatic carbocycles. The Balaban J connectivity index is 3.02. The molecular weight excluding hydrogens is 180 g/mol. The van der Waals surface area contributed by atoms with Crippen LogP contribution in [-0.2, 0) is 0 Å². The first kappa shape index (κ1) is 10.2. The van der Waals surface area contributed by atoms with E-state index in [-0.39, 0.29) is 5.56 Å². The molecule has 0 spiro atoms. The van der Waals surface area contributed by atoms with Crippen molar-refractivity contribution in [1.82, 2.24) is 4.98 Å². The van der Waals surface area contributed by atoms with Gasteiger partial charge in [-0.05, 0) is 13.0 Å². The second kappa shape index (κ2) is 4.41. The average molecular weight is 192 g/mol. The van der Waals surface area contributed by atoms with E-state index in [4.69, 9.17) is 5.11 Å². The zero-order chi connectivity index (χ0) is 10.6. The molecule has 1 rings (SSSR count). The lowest BCUT2D eigenvalue weighted by molar-refractivity contribution is 0.0697. The summed E-state index contributed by atoms with van der Waals surface area (Å²) in [6.45, 7) is 5.89. The smallest absolute Gasteiger partial charge is 0.339 e. The molecule has 0 atom stereocenters. The van der Waals surface area contributed by atoms with Crippen molar-refractivity contribution in [3.8, 4) is 0 Å². The summed E-state index contributed by atoms with van der Waals surface area (Å²) in [5.74, 6) is -0.982. The van der Waals surface area contributed by atoms with E-state index in [9.17, 15) is 4.79 Å². The van der Waals surface area contributed by atoms with Crippen molar-refractivity contribution in [2.45, 2.75) is 6.92 Å². The minimum atomic E-state index is -0.982. The fraction of sp³-hybridized carbons (Fsp3) is 0.200. The van der Waals surface area contributed by atoms with Gasteiger partial charge in [-0.2, -0.15) is 0 Å². The molecule has 0 saturated carbocycles. The quantitative estimate of drug-likeness (QED) is 0.712. The van der Waals surface area contributed by atoms with Gasteiger partial charge in [0.2, 0.25) is 0 Å². The Labute approximate surface area is 82.3 Å². The Morgan fingerprint density at radius 3 is 3.07 bits per heavy atom. The minimum Gasteiger partial charge on any atom is -0.478 e. The Morgan fingerprint density at radius 2 is 2.50 bits per heavy atom. The number of hydrogen-bond acceptors (Lipinski definition) is 3. The standard InChI is InChI=1S/C10H12N2O2/c1-3-4-11-9-5-7(2)12-6-8(9)10(13)14/h3,5-6H,1,4H2,2H3,(H,11,12)(H,13,14). The maximum Gasteiger partial charge on any atom is 0.339 e. The fourth-order valence-electron chi connectivity index (χ4n) is 1.06. The molecule has 1 aromatic rings. The fourth-order valence-corrected chi connectivity index (χ4v) is 1.06. The van der Waals surface area contributed by atoms with Crippen LogP contribution < -0.4 is 5.32 Å². The summed E-state index contributed by atoms with van der Waals surface area (Å²) >= 11 is 0. The third-order valence-corrected chi connectivity index (χ3v) is 1.71. The molecule has 0 fully saturated rings. The highest BCUT2D eigenvalue weighted by Gasteiger charge is 2.09. The first-order valence-electron chi connectivity index (χ1n) is 4.20. The van der Waals surface area contributed by atoms with Gasteiger partial charge in [0.25, 0.3) is 0 Å².